The first-order chi connectivity index (χ1) is 14.3. The Hall–Kier alpha value is -3.21. The molecule has 0 unspecified atom stereocenters. The number of carbonyl (C=O) groups is 1. The maximum atomic E-state index is 12.4. The van der Waals surface area contributed by atoms with Gasteiger partial charge in [0.25, 0.3) is 0 Å². The van der Waals surface area contributed by atoms with Crippen LogP contribution in [0, 0.1) is 0 Å². The lowest BCUT2D eigenvalue weighted by Gasteiger charge is -2.40. The molecule has 0 saturated carbocycles. The van der Waals surface area contributed by atoms with Crippen molar-refractivity contribution in [3.63, 3.8) is 0 Å². The summed E-state index contributed by atoms with van der Waals surface area (Å²) >= 11 is 0. The summed E-state index contributed by atoms with van der Waals surface area (Å²) in [5.41, 5.74) is 3.34. The van der Waals surface area contributed by atoms with Crippen LogP contribution in [0.25, 0.3) is 6.08 Å². The molecule has 30 heavy (non-hydrogen) atoms. The van der Waals surface area contributed by atoms with Crippen molar-refractivity contribution in [2.45, 2.75) is 31.8 Å². The number of hydrogen-bond donors (Lipinski definition) is 1. The Morgan fingerprint density at radius 3 is 2.73 bits per heavy atom. The smallest absolute Gasteiger partial charge is 0.241 e. The molecule has 2 aliphatic heterocycles. The van der Waals surface area contributed by atoms with E-state index in [0.29, 0.717) is 24.7 Å². The lowest BCUT2D eigenvalue weighted by molar-refractivity contribution is -0.118. The molecule has 1 N–H and O–H groups in total. The Labute approximate surface area is 178 Å². The topological polar surface area (TPSA) is 50.8 Å². The molecule has 2 aromatic rings. The molecule has 0 spiro atoms. The van der Waals surface area contributed by atoms with Crippen molar-refractivity contribution in [1.29, 1.82) is 0 Å². The fourth-order valence-electron chi connectivity index (χ4n) is 4.46. The van der Waals surface area contributed by atoms with Crippen LogP contribution in [0.2, 0.25) is 0 Å². The maximum Gasteiger partial charge on any atom is 0.241 e. The molecule has 1 amide bonds. The van der Waals surface area contributed by atoms with Gasteiger partial charge in [-0.05, 0) is 47.9 Å². The Balaban J connectivity index is 1.69. The highest BCUT2D eigenvalue weighted by molar-refractivity contribution is 5.91. The summed E-state index contributed by atoms with van der Waals surface area (Å²) in [6.45, 7) is 10.9. The number of anilines is 1. The molecule has 0 radical (unpaired) electrons. The van der Waals surface area contributed by atoms with Gasteiger partial charge in [-0.1, -0.05) is 50.8 Å². The van der Waals surface area contributed by atoms with E-state index in [9.17, 15) is 4.79 Å². The molecule has 0 bridgehead atoms. The summed E-state index contributed by atoms with van der Waals surface area (Å²) in [6.07, 6.45) is 4.14. The number of ether oxygens (including phenoxy) is 2. The number of amides is 1. The van der Waals surface area contributed by atoms with Crippen molar-refractivity contribution in [3.8, 4) is 11.5 Å². The van der Waals surface area contributed by atoms with Gasteiger partial charge >= 0.3 is 0 Å². The molecule has 156 valence electrons. The van der Waals surface area contributed by atoms with Gasteiger partial charge in [0.2, 0.25) is 5.91 Å². The van der Waals surface area contributed by atoms with Gasteiger partial charge in [-0.15, -0.1) is 0 Å². The van der Waals surface area contributed by atoms with Crippen LogP contribution in [-0.4, -0.2) is 31.8 Å². The number of carbonyl (C=O) groups excluding carboxylic acids is 1. The van der Waals surface area contributed by atoms with Crippen LogP contribution in [0.3, 0.4) is 0 Å². The maximum absolute atomic E-state index is 12.4. The average Bonchev–Trinajstić information content (AvgIpc) is 3.15. The van der Waals surface area contributed by atoms with Crippen LogP contribution < -0.4 is 19.7 Å². The molecule has 2 aromatic carbocycles. The Kier molecular flexibility index (Phi) is 4.85. The number of rotatable bonds is 6. The van der Waals surface area contributed by atoms with Crippen molar-refractivity contribution in [2.75, 3.05) is 25.2 Å². The van der Waals surface area contributed by atoms with Crippen LogP contribution in [0.1, 0.15) is 31.9 Å². The van der Waals surface area contributed by atoms with Crippen molar-refractivity contribution in [2.24, 2.45) is 0 Å². The summed E-state index contributed by atoms with van der Waals surface area (Å²) in [6, 6.07) is 14.1. The molecular weight excluding hydrogens is 376 g/mol. The summed E-state index contributed by atoms with van der Waals surface area (Å²) in [5, 5.41) is 3.24. The van der Waals surface area contributed by atoms with Gasteiger partial charge in [-0.3, -0.25) is 4.79 Å². The molecular formula is C25H28N2O3. The van der Waals surface area contributed by atoms with Gasteiger partial charge in [0, 0.05) is 11.1 Å². The van der Waals surface area contributed by atoms with Gasteiger partial charge < -0.3 is 19.7 Å². The lowest BCUT2D eigenvalue weighted by Crippen LogP contribution is -2.58. The van der Waals surface area contributed by atoms with Crippen LogP contribution in [-0.2, 0) is 10.2 Å². The summed E-state index contributed by atoms with van der Waals surface area (Å²) in [7, 11) is 1.63. The number of nitrogens with zero attached hydrogens (tertiary/aromatic N) is 1. The summed E-state index contributed by atoms with van der Waals surface area (Å²) in [4.78, 5) is 14.6. The largest absolute Gasteiger partial charge is 0.493 e. The first-order valence-corrected chi connectivity index (χ1v) is 10.1. The second kappa shape index (κ2) is 7.24. The first-order valence-electron chi connectivity index (χ1n) is 10.1. The Morgan fingerprint density at radius 1 is 1.23 bits per heavy atom. The fourth-order valence-corrected chi connectivity index (χ4v) is 4.46. The minimum Gasteiger partial charge on any atom is -0.493 e. The van der Waals surface area contributed by atoms with E-state index in [-0.39, 0.29) is 11.3 Å². The van der Waals surface area contributed by atoms with Crippen molar-refractivity contribution < 1.29 is 14.3 Å². The molecule has 0 aromatic heterocycles. The molecule has 2 heterocycles. The number of para-hydroxylation sites is 1. The van der Waals surface area contributed by atoms with E-state index < -0.39 is 5.66 Å². The Morgan fingerprint density at radius 2 is 2.00 bits per heavy atom. The molecule has 1 fully saturated rings. The zero-order valence-corrected chi connectivity index (χ0v) is 18.0. The van der Waals surface area contributed by atoms with Gasteiger partial charge in [0.15, 0.2) is 11.5 Å². The van der Waals surface area contributed by atoms with E-state index in [1.807, 2.05) is 37.3 Å². The first kappa shape index (κ1) is 20.1. The van der Waals surface area contributed by atoms with Gasteiger partial charge in [0.05, 0.1) is 13.7 Å². The molecule has 1 atom stereocenters. The van der Waals surface area contributed by atoms with E-state index >= 15 is 0 Å². The predicted molar refractivity (Wildman–Crippen MR) is 120 cm³/mol. The third-order valence-electron chi connectivity index (χ3n) is 6.06. The molecule has 4 rings (SSSR count). The standard InChI is InChI=1S/C25H28N2O3/c1-17(2)16-30-21-11-10-18(14-22(21)29-5)12-13-25-24(3,4)19-8-6-7-9-20(19)27(25)15-23(28)26-25/h6-14H,1,15-16H2,2-5H3,(H,26,28)/b13-12+/t25-/m0/s1. The highest BCUT2D eigenvalue weighted by Gasteiger charge is 2.59. The van der Waals surface area contributed by atoms with E-state index in [2.05, 4.69) is 54.9 Å². The van der Waals surface area contributed by atoms with Gasteiger partial charge in [-0.2, -0.15) is 0 Å². The number of fused-ring (bicyclic) bond motifs is 3. The average molecular weight is 405 g/mol. The Bertz CT molecular complexity index is 1040. The van der Waals surface area contributed by atoms with E-state index in [0.717, 1.165) is 16.8 Å². The number of hydrogen-bond acceptors (Lipinski definition) is 4. The van der Waals surface area contributed by atoms with Crippen molar-refractivity contribution in [3.05, 3.63) is 71.8 Å². The predicted octanol–water partition coefficient (Wildman–Crippen LogP) is 4.29. The highest BCUT2D eigenvalue weighted by Crippen LogP contribution is 2.52. The van der Waals surface area contributed by atoms with Crippen molar-refractivity contribution in [1.82, 2.24) is 5.32 Å². The van der Waals surface area contributed by atoms with Gasteiger partial charge in [-0.25, -0.2) is 0 Å². The second-order valence-corrected chi connectivity index (χ2v) is 8.53. The lowest BCUT2D eigenvalue weighted by atomic mass is 9.75. The number of benzene rings is 2. The number of methoxy groups -OCH3 is 1. The molecule has 2 aliphatic rings. The monoisotopic (exact) mass is 404 g/mol. The number of nitrogens with one attached hydrogen (secondary N) is 1. The fraction of sp³-hybridized carbons (Fsp3) is 0.320. The minimum absolute atomic E-state index is 0.0309. The van der Waals surface area contributed by atoms with Crippen LogP contribution in [0.15, 0.2) is 60.7 Å². The van der Waals surface area contributed by atoms with Crippen LogP contribution in [0.5, 0.6) is 11.5 Å². The quantitative estimate of drug-likeness (QED) is 0.730. The third kappa shape index (κ3) is 3.05. The SMILES string of the molecule is C=C(C)COc1ccc(/C=C/[C@]23NC(=O)CN2c2ccccc2C3(C)C)cc1OC. The normalized spacial score (nSPS) is 21.3. The summed E-state index contributed by atoms with van der Waals surface area (Å²) < 4.78 is 11.3. The molecule has 1 saturated heterocycles. The zero-order chi connectivity index (χ0) is 21.5. The zero-order valence-electron chi connectivity index (χ0n) is 18.0. The molecule has 5 heteroatoms. The van der Waals surface area contributed by atoms with E-state index in [1.165, 1.54) is 5.56 Å². The molecule has 0 aliphatic carbocycles. The third-order valence-corrected chi connectivity index (χ3v) is 6.06. The summed E-state index contributed by atoms with van der Waals surface area (Å²) in [5.74, 6) is 1.38. The second-order valence-electron chi connectivity index (χ2n) is 8.53. The van der Waals surface area contributed by atoms with E-state index in [4.69, 9.17) is 9.47 Å². The molecule has 5 nitrogen and oxygen atoms in total. The van der Waals surface area contributed by atoms with Crippen LogP contribution in [0.4, 0.5) is 5.69 Å². The van der Waals surface area contributed by atoms with E-state index in [1.54, 1.807) is 7.11 Å². The van der Waals surface area contributed by atoms with Gasteiger partial charge in [0.1, 0.15) is 12.3 Å². The minimum atomic E-state index is -0.615. The van der Waals surface area contributed by atoms with Crippen LogP contribution >= 0.6 is 0 Å². The highest BCUT2D eigenvalue weighted by atomic mass is 16.5. The van der Waals surface area contributed by atoms with Crippen molar-refractivity contribution >= 4 is 17.7 Å².